The van der Waals surface area contributed by atoms with Crippen LogP contribution in [0.25, 0.3) is 0 Å². The average Bonchev–Trinajstić information content (AvgIpc) is 2.89. The fraction of sp³-hybridized carbons (Fsp3) is 0.350. The molecule has 2 rings (SSSR count). The summed E-state index contributed by atoms with van der Waals surface area (Å²) in [4.78, 5) is 39.5. The van der Waals surface area contributed by atoms with Crippen molar-refractivity contribution >= 4 is 17.7 Å². The zero-order valence-electron chi connectivity index (χ0n) is 15.7. The number of carbonyl (C=O) groups is 3. The molecule has 0 atom stereocenters. The van der Waals surface area contributed by atoms with Crippen LogP contribution >= 0.6 is 0 Å². The third-order valence-corrected chi connectivity index (χ3v) is 4.15. The molecule has 0 spiro atoms. The van der Waals surface area contributed by atoms with E-state index in [1.54, 1.807) is 26.8 Å². The van der Waals surface area contributed by atoms with Gasteiger partial charge in [0.15, 0.2) is 6.61 Å². The molecule has 1 aromatic carbocycles. The Balaban J connectivity index is 2.13. The number of aromatic nitrogens is 1. The van der Waals surface area contributed by atoms with Crippen LogP contribution < -0.4 is 0 Å². The van der Waals surface area contributed by atoms with Crippen molar-refractivity contribution in [2.75, 3.05) is 13.2 Å². The van der Waals surface area contributed by atoms with Crippen LogP contribution in [0, 0.1) is 27.7 Å². The summed E-state index contributed by atoms with van der Waals surface area (Å²) < 4.78 is 10.2. The molecule has 6 heteroatoms. The van der Waals surface area contributed by atoms with E-state index in [4.69, 9.17) is 9.47 Å². The van der Waals surface area contributed by atoms with Crippen LogP contribution in [0.3, 0.4) is 0 Å². The zero-order valence-corrected chi connectivity index (χ0v) is 15.7. The van der Waals surface area contributed by atoms with E-state index in [9.17, 15) is 14.4 Å². The summed E-state index contributed by atoms with van der Waals surface area (Å²) in [6.45, 7) is 8.63. The number of aromatic amines is 1. The van der Waals surface area contributed by atoms with Gasteiger partial charge in [-0.2, -0.15) is 0 Å². The Morgan fingerprint density at radius 2 is 1.69 bits per heavy atom. The molecule has 138 valence electrons. The lowest BCUT2D eigenvalue weighted by Gasteiger charge is -2.07. The van der Waals surface area contributed by atoms with Crippen molar-refractivity contribution < 1.29 is 23.9 Å². The molecule has 0 aliphatic carbocycles. The van der Waals surface area contributed by atoms with Gasteiger partial charge in [0.25, 0.3) is 0 Å². The molecule has 2 aromatic rings. The largest absolute Gasteiger partial charge is 0.462 e. The van der Waals surface area contributed by atoms with E-state index < -0.39 is 11.9 Å². The topological polar surface area (TPSA) is 85.5 Å². The summed E-state index contributed by atoms with van der Waals surface area (Å²) in [5, 5.41) is 0. The number of benzene rings is 1. The number of H-pyrrole nitrogens is 1. The first-order chi connectivity index (χ1) is 12.3. The Morgan fingerprint density at radius 3 is 2.35 bits per heavy atom. The molecule has 0 aliphatic heterocycles. The Bertz CT molecular complexity index is 863. The molecule has 0 saturated heterocycles. The SMILES string of the molecule is CCOC(=O)c1c(C)[nH]c(C(=O)OCC(=O)c2cc(C)ccc2C)c1C. The molecule has 26 heavy (non-hydrogen) atoms. The summed E-state index contributed by atoms with van der Waals surface area (Å²) >= 11 is 0. The molecule has 0 unspecified atom stereocenters. The second-order valence-electron chi connectivity index (χ2n) is 6.16. The molecule has 0 saturated carbocycles. The van der Waals surface area contributed by atoms with Gasteiger partial charge in [-0.25, -0.2) is 9.59 Å². The summed E-state index contributed by atoms with van der Waals surface area (Å²) in [6.07, 6.45) is 0. The van der Waals surface area contributed by atoms with Gasteiger partial charge in [-0.15, -0.1) is 0 Å². The molecular weight excluding hydrogens is 334 g/mol. The molecule has 1 N–H and O–H groups in total. The molecule has 6 nitrogen and oxygen atoms in total. The highest BCUT2D eigenvalue weighted by Gasteiger charge is 2.24. The van der Waals surface area contributed by atoms with Gasteiger partial charge in [0, 0.05) is 11.3 Å². The summed E-state index contributed by atoms with van der Waals surface area (Å²) in [6, 6.07) is 5.54. The van der Waals surface area contributed by atoms with Crippen molar-refractivity contribution in [3.05, 3.63) is 57.4 Å². The fourth-order valence-corrected chi connectivity index (χ4v) is 2.78. The van der Waals surface area contributed by atoms with Gasteiger partial charge < -0.3 is 14.5 Å². The van der Waals surface area contributed by atoms with Gasteiger partial charge in [0.2, 0.25) is 5.78 Å². The highest BCUT2D eigenvalue weighted by Crippen LogP contribution is 2.20. The lowest BCUT2D eigenvalue weighted by atomic mass is 10.0. The van der Waals surface area contributed by atoms with E-state index in [-0.39, 0.29) is 24.7 Å². The van der Waals surface area contributed by atoms with Crippen molar-refractivity contribution in [3.63, 3.8) is 0 Å². The predicted molar refractivity (Wildman–Crippen MR) is 96.8 cm³/mol. The number of carbonyl (C=O) groups excluding carboxylic acids is 3. The Morgan fingerprint density at radius 1 is 1.00 bits per heavy atom. The minimum Gasteiger partial charge on any atom is -0.462 e. The molecule has 0 aliphatic rings. The minimum absolute atomic E-state index is 0.152. The maximum atomic E-state index is 12.3. The number of aryl methyl sites for hydroxylation is 3. The third kappa shape index (κ3) is 4.02. The Labute approximate surface area is 152 Å². The lowest BCUT2D eigenvalue weighted by Crippen LogP contribution is -2.16. The van der Waals surface area contributed by atoms with E-state index in [0.717, 1.165) is 11.1 Å². The number of rotatable bonds is 6. The Hall–Kier alpha value is -2.89. The van der Waals surface area contributed by atoms with Crippen molar-refractivity contribution in [2.45, 2.75) is 34.6 Å². The maximum absolute atomic E-state index is 12.3. The van der Waals surface area contributed by atoms with Crippen LogP contribution in [0.2, 0.25) is 0 Å². The molecular formula is C20H23NO5. The number of ketones is 1. The monoisotopic (exact) mass is 357 g/mol. The minimum atomic E-state index is -0.681. The van der Waals surface area contributed by atoms with E-state index in [0.29, 0.717) is 22.4 Å². The van der Waals surface area contributed by atoms with Crippen LogP contribution in [-0.2, 0) is 9.47 Å². The fourth-order valence-electron chi connectivity index (χ4n) is 2.78. The highest BCUT2D eigenvalue weighted by molar-refractivity contribution is 6.02. The summed E-state index contributed by atoms with van der Waals surface area (Å²) in [7, 11) is 0. The first-order valence-corrected chi connectivity index (χ1v) is 8.40. The van der Waals surface area contributed by atoms with Crippen LogP contribution in [0.4, 0.5) is 0 Å². The van der Waals surface area contributed by atoms with E-state index in [1.165, 1.54) is 0 Å². The normalized spacial score (nSPS) is 10.5. The van der Waals surface area contributed by atoms with Crippen molar-refractivity contribution in [1.29, 1.82) is 0 Å². The van der Waals surface area contributed by atoms with E-state index in [2.05, 4.69) is 4.98 Å². The Kier molecular flexibility index (Phi) is 5.97. The second kappa shape index (κ2) is 7.99. The van der Waals surface area contributed by atoms with Crippen LogP contribution in [0.5, 0.6) is 0 Å². The highest BCUT2D eigenvalue weighted by atomic mass is 16.5. The molecule has 0 fully saturated rings. The van der Waals surface area contributed by atoms with Gasteiger partial charge >= 0.3 is 11.9 Å². The first-order valence-electron chi connectivity index (χ1n) is 8.40. The average molecular weight is 357 g/mol. The van der Waals surface area contributed by atoms with Crippen LogP contribution in [0.15, 0.2) is 18.2 Å². The first kappa shape index (κ1) is 19.4. The van der Waals surface area contributed by atoms with Crippen molar-refractivity contribution in [2.24, 2.45) is 0 Å². The number of Topliss-reactive ketones (excluding diaryl/α,β-unsaturated/α-hetero) is 1. The predicted octanol–water partition coefficient (Wildman–Crippen LogP) is 3.46. The smallest absolute Gasteiger partial charge is 0.355 e. The number of hydrogen-bond donors (Lipinski definition) is 1. The molecule has 1 aromatic heterocycles. The molecule has 0 radical (unpaired) electrons. The quantitative estimate of drug-likeness (QED) is 0.632. The number of esters is 2. The lowest BCUT2D eigenvalue weighted by molar-refractivity contribution is 0.0468. The molecule has 0 amide bonds. The second-order valence-corrected chi connectivity index (χ2v) is 6.16. The molecule has 1 heterocycles. The molecule has 0 bridgehead atoms. The number of ether oxygens (including phenoxy) is 2. The van der Waals surface area contributed by atoms with Crippen LogP contribution in [-0.4, -0.2) is 35.9 Å². The third-order valence-electron chi connectivity index (χ3n) is 4.15. The summed E-state index contributed by atoms with van der Waals surface area (Å²) in [5.74, 6) is -1.45. The standard InChI is InChI=1S/C20H23NO5/c1-6-25-19(23)17-13(4)18(21-14(17)5)20(24)26-10-16(22)15-9-11(2)7-8-12(15)3/h7-9,21H,6,10H2,1-5H3. The summed E-state index contributed by atoms with van der Waals surface area (Å²) in [5.41, 5.74) is 3.76. The number of hydrogen-bond acceptors (Lipinski definition) is 5. The van der Waals surface area contributed by atoms with E-state index >= 15 is 0 Å². The van der Waals surface area contributed by atoms with Gasteiger partial charge in [-0.05, 0) is 51.8 Å². The zero-order chi connectivity index (χ0) is 19.4. The van der Waals surface area contributed by atoms with Gasteiger partial charge in [-0.3, -0.25) is 4.79 Å². The van der Waals surface area contributed by atoms with Crippen LogP contribution in [0.1, 0.15) is 60.5 Å². The van der Waals surface area contributed by atoms with Crippen molar-refractivity contribution in [1.82, 2.24) is 4.98 Å². The van der Waals surface area contributed by atoms with E-state index in [1.807, 2.05) is 26.0 Å². The van der Waals surface area contributed by atoms with Gasteiger partial charge in [-0.1, -0.05) is 17.7 Å². The number of nitrogens with one attached hydrogen (secondary N) is 1. The van der Waals surface area contributed by atoms with Gasteiger partial charge in [0.1, 0.15) is 5.69 Å². The van der Waals surface area contributed by atoms with Crippen molar-refractivity contribution in [3.8, 4) is 0 Å². The maximum Gasteiger partial charge on any atom is 0.355 e. The van der Waals surface area contributed by atoms with Gasteiger partial charge in [0.05, 0.1) is 12.2 Å².